The number of nitro groups is 1. The maximum atomic E-state index is 12.1. The molecule has 2 amide bonds. The Balaban J connectivity index is 2.07. The Kier molecular flexibility index (Phi) is 4.42. The third kappa shape index (κ3) is 3.69. The van der Waals surface area contributed by atoms with Crippen LogP contribution in [-0.4, -0.2) is 28.8 Å². The van der Waals surface area contributed by atoms with E-state index in [4.69, 9.17) is 11.6 Å². The number of amides is 2. The molecule has 0 saturated heterocycles. The molecule has 0 aliphatic heterocycles. The highest BCUT2D eigenvalue weighted by Crippen LogP contribution is 2.27. The molecule has 1 aromatic rings. The van der Waals surface area contributed by atoms with E-state index in [2.05, 4.69) is 10.6 Å². The van der Waals surface area contributed by atoms with Crippen molar-refractivity contribution in [3.63, 3.8) is 0 Å². The highest BCUT2D eigenvalue weighted by Gasteiger charge is 2.27. The molecule has 0 heterocycles. The van der Waals surface area contributed by atoms with Gasteiger partial charge >= 0.3 is 0 Å². The highest BCUT2D eigenvalue weighted by molar-refractivity contribution is 6.35. The summed E-state index contributed by atoms with van der Waals surface area (Å²) < 4.78 is 0. The van der Waals surface area contributed by atoms with Crippen molar-refractivity contribution in [1.29, 1.82) is 0 Å². The lowest BCUT2D eigenvalue weighted by molar-refractivity contribution is -0.384. The summed E-state index contributed by atoms with van der Waals surface area (Å²) in [7, 11) is 0. The number of carbonyl (C=O) groups is 2. The summed E-state index contributed by atoms with van der Waals surface area (Å²) in [6.45, 7) is 1.54. The van der Waals surface area contributed by atoms with Crippen LogP contribution in [0.25, 0.3) is 0 Å². The average Bonchev–Trinajstić information content (AvgIpc) is 3.22. The molecule has 21 heavy (non-hydrogen) atoms. The van der Waals surface area contributed by atoms with Crippen molar-refractivity contribution in [3.8, 4) is 0 Å². The number of nitrogens with one attached hydrogen (secondary N) is 2. The van der Waals surface area contributed by atoms with Crippen molar-refractivity contribution in [3.05, 3.63) is 38.9 Å². The number of benzene rings is 1. The second-order valence-corrected chi connectivity index (χ2v) is 5.25. The van der Waals surface area contributed by atoms with E-state index in [1.807, 2.05) is 0 Å². The van der Waals surface area contributed by atoms with Crippen molar-refractivity contribution in [2.75, 3.05) is 0 Å². The third-order valence-electron chi connectivity index (χ3n) is 3.08. The van der Waals surface area contributed by atoms with Crippen LogP contribution in [0.5, 0.6) is 0 Å². The summed E-state index contributed by atoms with van der Waals surface area (Å²) in [6.07, 6.45) is 1.90. The lowest BCUT2D eigenvalue weighted by Gasteiger charge is -2.14. The van der Waals surface area contributed by atoms with Crippen LogP contribution in [0.15, 0.2) is 18.2 Å². The van der Waals surface area contributed by atoms with Gasteiger partial charge in [0.2, 0.25) is 5.91 Å². The van der Waals surface area contributed by atoms with Gasteiger partial charge in [0, 0.05) is 12.1 Å². The van der Waals surface area contributed by atoms with Crippen LogP contribution in [0.1, 0.15) is 30.1 Å². The largest absolute Gasteiger partial charge is 0.352 e. The summed E-state index contributed by atoms with van der Waals surface area (Å²) in [6, 6.07) is 3.40. The third-order valence-corrected chi connectivity index (χ3v) is 3.48. The van der Waals surface area contributed by atoms with Crippen LogP contribution in [0.2, 0.25) is 5.02 Å². The van der Waals surface area contributed by atoms with E-state index in [9.17, 15) is 19.7 Å². The van der Waals surface area contributed by atoms with Gasteiger partial charge in [0.05, 0.1) is 10.5 Å². The van der Waals surface area contributed by atoms with Crippen molar-refractivity contribution in [1.82, 2.24) is 10.6 Å². The molecule has 1 unspecified atom stereocenters. The molecule has 0 radical (unpaired) electrons. The monoisotopic (exact) mass is 311 g/mol. The molecule has 2 N–H and O–H groups in total. The molecule has 1 aromatic carbocycles. The Bertz CT molecular complexity index is 601. The summed E-state index contributed by atoms with van der Waals surface area (Å²) >= 11 is 5.85. The van der Waals surface area contributed by atoms with E-state index >= 15 is 0 Å². The lowest BCUT2D eigenvalue weighted by atomic mass is 10.1. The van der Waals surface area contributed by atoms with E-state index in [1.54, 1.807) is 6.92 Å². The van der Waals surface area contributed by atoms with E-state index < -0.39 is 16.9 Å². The first-order valence-corrected chi connectivity index (χ1v) is 6.82. The van der Waals surface area contributed by atoms with Gasteiger partial charge < -0.3 is 10.6 Å². The van der Waals surface area contributed by atoms with Gasteiger partial charge in [0.25, 0.3) is 11.6 Å². The molecule has 2 rings (SSSR count). The van der Waals surface area contributed by atoms with E-state index in [-0.39, 0.29) is 28.2 Å². The zero-order chi connectivity index (χ0) is 15.6. The summed E-state index contributed by atoms with van der Waals surface area (Å²) in [5, 5.41) is 15.8. The lowest BCUT2D eigenvalue weighted by Crippen LogP contribution is -2.45. The zero-order valence-corrected chi connectivity index (χ0v) is 12.0. The molecule has 1 fully saturated rings. The van der Waals surface area contributed by atoms with Crippen molar-refractivity contribution in [2.24, 2.45) is 0 Å². The Hall–Kier alpha value is -2.15. The molecular weight excluding hydrogens is 298 g/mol. The number of nitro benzene ring substituents is 1. The summed E-state index contributed by atoms with van der Waals surface area (Å²) in [5.74, 6) is -0.908. The first kappa shape index (κ1) is 15.2. The van der Waals surface area contributed by atoms with Crippen LogP contribution in [-0.2, 0) is 4.79 Å². The molecule has 1 aliphatic rings. The predicted octanol–water partition coefficient (Wildman–Crippen LogP) is 1.65. The summed E-state index contributed by atoms with van der Waals surface area (Å²) in [5.41, 5.74) is -0.378. The summed E-state index contributed by atoms with van der Waals surface area (Å²) in [4.78, 5) is 33.9. The van der Waals surface area contributed by atoms with Gasteiger partial charge in [0.15, 0.2) is 0 Å². The zero-order valence-electron chi connectivity index (χ0n) is 11.3. The minimum absolute atomic E-state index is 0.0306. The number of carbonyl (C=O) groups excluding carboxylic acids is 2. The normalized spacial score (nSPS) is 15.1. The second-order valence-electron chi connectivity index (χ2n) is 4.87. The quantitative estimate of drug-likeness (QED) is 0.637. The molecule has 7 nitrogen and oxygen atoms in total. The van der Waals surface area contributed by atoms with Gasteiger partial charge in [-0.25, -0.2) is 0 Å². The molecule has 1 aliphatic carbocycles. The van der Waals surface area contributed by atoms with Crippen molar-refractivity contribution < 1.29 is 14.5 Å². The first-order chi connectivity index (χ1) is 9.90. The molecule has 112 valence electrons. The fourth-order valence-corrected chi connectivity index (χ4v) is 2.01. The van der Waals surface area contributed by atoms with Gasteiger partial charge in [-0.3, -0.25) is 19.7 Å². The maximum absolute atomic E-state index is 12.1. The molecule has 0 bridgehead atoms. The Morgan fingerprint density at radius 3 is 2.67 bits per heavy atom. The smallest absolute Gasteiger partial charge is 0.288 e. The number of hydrogen-bond acceptors (Lipinski definition) is 4. The van der Waals surface area contributed by atoms with Crippen LogP contribution >= 0.6 is 11.6 Å². The fraction of sp³-hybridized carbons (Fsp3) is 0.385. The van der Waals surface area contributed by atoms with Crippen molar-refractivity contribution in [2.45, 2.75) is 31.8 Å². The minimum Gasteiger partial charge on any atom is -0.352 e. The molecule has 1 saturated carbocycles. The minimum atomic E-state index is -0.742. The number of halogens is 1. The van der Waals surface area contributed by atoms with Crippen LogP contribution in [0, 0.1) is 10.1 Å². The molecule has 0 aromatic heterocycles. The molecule has 0 spiro atoms. The van der Waals surface area contributed by atoms with E-state index in [0.29, 0.717) is 0 Å². The molecule has 8 heteroatoms. The van der Waals surface area contributed by atoms with E-state index in [0.717, 1.165) is 12.8 Å². The Morgan fingerprint density at radius 2 is 2.10 bits per heavy atom. The van der Waals surface area contributed by atoms with Gasteiger partial charge in [-0.1, -0.05) is 17.7 Å². The van der Waals surface area contributed by atoms with Crippen LogP contribution in [0.4, 0.5) is 5.69 Å². The number of rotatable bonds is 5. The fourth-order valence-electron chi connectivity index (χ4n) is 1.73. The van der Waals surface area contributed by atoms with Gasteiger partial charge in [-0.15, -0.1) is 0 Å². The molecular formula is C13H14ClN3O4. The second kappa shape index (κ2) is 6.09. The number of nitrogens with zero attached hydrogens (tertiary/aromatic N) is 1. The van der Waals surface area contributed by atoms with Crippen molar-refractivity contribution >= 4 is 29.1 Å². The SMILES string of the molecule is CC(NC(=O)c1cccc([N+](=O)[O-])c1Cl)C(=O)NC1CC1. The molecule has 1 atom stereocenters. The van der Waals surface area contributed by atoms with Gasteiger partial charge in [-0.05, 0) is 25.8 Å². The topological polar surface area (TPSA) is 101 Å². The van der Waals surface area contributed by atoms with E-state index in [1.165, 1.54) is 18.2 Å². The van der Waals surface area contributed by atoms with Crippen LogP contribution < -0.4 is 10.6 Å². The van der Waals surface area contributed by atoms with Gasteiger partial charge in [-0.2, -0.15) is 0 Å². The first-order valence-electron chi connectivity index (χ1n) is 6.44. The van der Waals surface area contributed by atoms with Gasteiger partial charge in [0.1, 0.15) is 11.1 Å². The number of hydrogen-bond donors (Lipinski definition) is 2. The maximum Gasteiger partial charge on any atom is 0.288 e. The predicted molar refractivity (Wildman–Crippen MR) is 76.2 cm³/mol. The highest BCUT2D eigenvalue weighted by atomic mass is 35.5. The average molecular weight is 312 g/mol. The van der Waals surface area contributed by atoms with Crippen LogP contribution in [0.3, 0.4) is 0 Å². The Labute approximate surface area is 125 Å². The standard InChI is InChI=1S/C13H14ClN3O4/c1-7(12(18)16-8-5-6-8)15-13(19)9-3-2-4-10(11(9)14)17(20)21/h2-4,7-8H,5-6H2,1H3,(H,15,19)(H,16,18). The Morgan fingerprint density at radius 1 is 1.43 bits per heavy atom.